The average Bonchev–Trinajstić information content (AvgIpc) is 2.81. The fraction of sp³-hybridized carbons (Fsp3) is 0.308. The summed E-state index contributed by atoms with van der Waals surface area (Å²) in [7, 11) is 1.74. The second kappa shape index (κ2) is 9.63. The zero-order chi connectivity index (χ0) is 21.7. The molecule has 0 aliphatic carbocycles. The number of carbonyl (C=O) groups excluding carboxylic acids is 1. The Hall–Kier alpha value is -2.69. The highest BCUT2D eigenvalue weighted by Crippen LogP contribution is 2.37. The third-order valence-corrected chi connectivity index (χ3v) is 6.52. The fourth-order valence-corrected chi connectivity index (χ4v) is 4.78. The van der Waals surface area contributed by atoms with Crippen molar-refractivity contribution < 1.29 is 4.79 Å². The molecule has 0 radical (unpaired) electrons. The van der Waals surface area contributed by atoms with Gasteiger partial charge in [-0.15, -0.1) is 0 Å². The number of pyridine rings is 1. The van der Waals surface area contributed by atoms with Crippen molar-refractivity contribution in [2.24, 2.45) is 5.41 Å². The van der Waals surface area contributed by atoms with Crippen LogP contribution in [0, 0.1) is 5.41 Å². The first kappa shape index (κ1) is 21.5. The van der Waals surface area contributed by atoms with Crippen molar-refractivity contribution in [3.8, 4) is 11.1 Å². The van der Waals surface area contributed by atoms with Crippen LogP contribution in [0.5, 0.6) is 0 Å². The summed E-state index contributed by atoms with van der Waals surface area (Å²) < 4.78 is 0. The molecule has 31 heavy (non-hydrogen) atoms. The van der Waals surface area contributed by atoms with Gasteiger partial charge < -0.3 is 5.32 Å². The number of piperidine rings is 1. The van der Waals surface area contributed by atoms with Crippen LogP contribution < -0.4 is 5.32 Å². The van der Waals surface area contributed by atoms with Gasteiger partial charge >= 0.3 is 0 Å². The van der Waals surface area contributed by atoms with Gasteiger partial charge in [0.05, 0.1) is 5.41 Å². The molecule has 1 saturated heterocycles. The van der Waals surface area contributed by atoms with Gasteiger partial charge in [-0.25, -0.2) is 0 Å². The molecule has 4 rings (SSSR count). The van der Waals surface area contributed by atoms with Gasteiger partial charge in [0.1, 0.15) is 0 Å². The van der Waals surface area contributed by atoms with Gasteiger partial charge in [-0.2, -0.15) is 0 Å². The second-order valence-electron chi connectivity index (χ2n) is 8.38. The second-order valence-corrected chi connectivity index (χ2v) is 8.82. The Morgan fingerprint density at radius 2 is 1.77 bits per heavy atom. The number of nitrogens with zero attached hydrogens (tertiary/aromatic N) is 2. The molecule has 160 valence electrons. The zero-order valence-corrected chi connectivity index (χ0v) is 18.6. The number of carbonyl (C=O) groups is 1. The molecule has 1 aliphatic heterocycles. The molecule has 1 fully saturated rings. The molecule has 0 atom stereocenters. The number of aromatic nitrogens is 1. The van der Waals surface area contributed by atoms with E-state index in [9.17, 15) is 4.79 Å². The van der Waals surface area contributed by atoms with Crippen LogP contribution in [-0.4, -0.2) is 35.9 Å². The van der Waals surface area contributed by atoms with E-state index in [0.29, 0.717) is 0 Å². The van der Waals surface area contributed by atoms with Gasteiger partial charge in [-0.05, 0) is 72.8 Å². The van der Waals surface area contributed by atoms with Gasteiger partial charge in [0, 0.05) is 31.0 Å². The SMILES string of the molecule is CNC(=O)C1(Cc2cccc(-c3cccnc3)c2)CCN(Cc2cccc(Cl)c2)CC1. The monoisotopic (exact) mass is 433 g/mol. The molecule has 1 amide bonds. The number of halogens is 1. The fourth-order valence-electron chi connectivity index (χ4n) is 4.57. The minimum absolute atomic E-state index is 0.140. The lowest BCUT2D eigenvalue weighted by molar-refractivity contribution is -0.133. The Labute approximate surface area is 189 Å². The first-order valence-corrected chi connectivity index (χ1v) is 11.1. The van der Waals surface area contributed by atoms with Crippen LogP contribution in [0.15, 0.2) is 73.1 Å². The van der Waals surface area contributed by atoms with E-state index >= 15 is 0 Å². The maximum atomic E-state index is 13.0. The summed E-state index contributed by atoms with van der Waals surface area (Å²) in [5, 5.41) is 3.70. The van der Waals surface area contributed by atoms with Crippen LogP contribution in [0.25, 0.3) is 11.1 Å². The molecule has 1 aromatic heterocycles. The maximum absolute atomic E-state index is 13.0. The van der Waals surface area contributed by atoms with E-state index in [1.807, 2.05) is 30.5 Å². The molecular formula is C26H28ClN3O. The Morgan fingerprint density at radius 3 is 2.48 bits per heavy atom. The molecule has 5 heteroatoms. The number of benzene rings is 2. The lowest BCUT2D eigenvalue weighted by Gasteiger charge is -2.40. The van der Waals surface area contributed by atoms with Crippen molar-refractivity contribution in [1.82, 2.24) is 15.2 Å². The zero-order valence-electron chi connectivity index (χ0n) is 17.9. The van der Waals surface area contributed by atoms with Crippen molar-refractivity contribution >= 4 is 17.5 Å². The van der Waals surface area contributed by atoms with Gasteiger partial charge in [-0.3, -0.25) is 14.7 Å². The Balaban J connectivity index is 1.49. The molecule has 2 heterocycles. The van der Waals surface area contributed by atoms with Crippen LogP contribution >= 0.6 is 11.6 Å². The predicted octanol–water partition coefficient (Wildman–Crippen LogP) is 4.97. The standard InChI is InChI=1S/C26H28ClN3O/c1-28-25(31)26(10-13-30(14-11-26)19-21-6-3-9-24(27)16-21)17-20-5-2-7-22(15-20)23-8-4-12-29-18-23/h2-9,12,15-16,18H,10-11,13-14,17,19H2,1H3,(H,28,31). The van der Waals surface area contributed by atoms with Crippen molar-refractivity contribution in [2.45, 2.75) is 25.8 Å². The van der Waals surface area contributed by atoms with Gasteiger partial charge in [0.25, 0.3) is 0 Å². The molecule has 0 unspecified atom stereocenters. The largest absolute Gasteiger partial charge is 0.359 e. The number of amides is 1. The number of hydrogen-bond acceptors (Lipinski definition) is 3. The van der Waals surface area contributed by atoms with E-state index in [2.05, 4.69) is 51.6 Å². The van der Waals surface area contributed by atoms with Crippen molar-refractivity contribution in [3.63, 3.8) is 0 Å². The Morgan fingerprint density at radius 1 is 1.03 bits per heavy atom. The summed E-state index contributed by atoms with van der Waals surface area (Å²) in [5.41, 5.74) is 4.25. The highest BCUT2D eigenvalue weighted by Gasteiger charge is 2.40. The molecule has 0 bridgehead atoms. The lowest BCUT2D eigenvalue weighted by atomic mass is 9.72. The number of rotatable bonds is 6. The van der Waals surface area contributed by atoms with E-state index in [1.54, 1.807) is 13.2 Å². The first-order valence-electron chi connectivity index (χ1n) is 10.8. The lowest BCUT2D eigenvalue weighted by Crippen LogP contribution is -2.49. The van der Waals surface area contributed by atoms with Gasteiger partial charge in [0.15, 0.2) is 0 Å². The highest BCUT2D eigenvalue weighted by atomic mass is 35.5. The maximum Gasteiger partial charge on any atom is 0.226 e. The summed E-state index contributed by atoms with van der Waals surface area (Å²) in [4.78, 5) is 19.6. The Kier molecular flexibility index (Phi) is 6.69. The minimum Gasteiger partial charge on any atom is -0.359 e. The molecule has 0 spiro atoms. The van der Waals surface area contributed by atoms with Crippen LogP contribution in [0.1, 0.15) is 24.0 Å². The van der Waals surface area contributed by atoms with E-state index in [0.717, 1.165) is 55.0 Å². The molecule has 1 N–H and O–H groups in total. The third kappa shape index (κ3) is 5.15. The van der Waals surface area contributed by atoms with Gasteiger partial charge in [-0.1, -0.05) is 54.1 Å². The van der Waals surface area contributed by atoms with Crippen LogP contribution in [0.2, 0.25) is 5.02 Å². The summed E-state index contributed by atoms with van der Waals surface area (Å²) in [6.07, 6.45) is 6.08. The first-order chi connectivity index (χ1) is 15.1. The molecular weight excluding hydrogens is 406 g/mol. The molecule has 2 aromatic carbocycles. The summed E-state index contributed by atoms with van der Waals surface area (Å²) in [5.74, 6) is 0.140. The normalized spacial score (nSPS) is 16.1. The molecule has 0 saturated carbocycles. The Bertz CT molecular complexity index is 1030. The van der Waals surface area contributed by atoms with E-state index < -0.39 is 0 Å². The van der Waals surface area contributed by atoms with E-state index in [1.165, 1.54) is 11.1 Å². The average molecular weight is 434 g/mol. The summed E-state index contributed by atoms with van der Waals surface area (Å²) in [6.45, 7) is 2.64. The number of hydrogen-bond donors (Lipinski definition) is 1. The quantitative estimate of drug-likeness (QED) is 0.596. The summed E-state index contributed by atoms with van der Waals surface area (Å²) >= 11 is 6.14. The number of nitrogens with one attached hydrogen (secondary N) is 1. The molecule has 4 nitrogen and oxygen atoms in total. The smallest absolute Gasteiger partial charge is 0.226 e. The predicted molar refractivity (Wildman–Crippen MR) is 126 cm³/mol. The third-order valence-electron chi connectivity index (χ3n) is 6.28. The summed E-state index contributed by atoms with van der Waals surface area (Å²) in [6, 6.07) is 20.5. The van der Waals surface area contributed by atoms with Crippen LogP contribution in [-0.2, 0) is 17.8 Å². The van der Waals surface area contributed by atoms with Gasteiger partial charge in [0.2, 0.25) is 5.91 Å². The van der Waals surface area contributed by atoms with E-state index in [-0.39, 0.29) is 11.3 Å². The van der Waals surface area contributed by atoms with E-state index in [4.69, 9.17) is 11.6 Å². The van der Waals surface area contributed by atoms with Crippen LogP contribution in [0.4, 0.5) is 0 Å². The molecule has 3 aromatic rings. The number of likely N-dealkylation sites (tertiary alicyclic amines) is 1. The van der Waals surface area contributed by atoms with Crippen molar-refractivity contribution in [1.29, 1.82) is 0 Å². The van der Waals surface area contributed by atoms with Crippen molar-refractivity contribution in [2.75, 3.05) is 20.1 Å². The van der Waals surface area contributed by atoms with Crippen molar-refractivity contribution in [3.05, 3.63) is 89.2 Å². The van der Waals surface area contributed by atoms with Crippen LogP contribution in [0.3, 0.4) is 0 Å². The highest BCUT2D eigenvalue weighted by molar-refractivity contribution is 6.30. The molecule has 1 aliphatic rings. The minimum atomic E-state index is -0.382. The topological polar surface area (TPSA) is 45.2 Å².